The Labute approximate surface area is 156 Å². The van der Waals surface area contributed by atoms with Crippen LogP contribution < -0.4 is 0 Å². The zero-order valence-corrected chi connectivity index (χ0v) is 15.3. The van der Waals surface area contributed by atoms with E-state index in [1.54, 1.807) is 0 Å². The number of rotatable bonds is 4. The second kappa shape index (κ2) is 6.62. The number of hydrogen-bond acceptors (Lipinski definition) is 6. The standard InChI is InChI=1S/C18H12O6S2/c1-7(19)9-3-13-15(5-11(9)17(21)22)26-14-4-10(8(2)20)12(18(23)24)6-16(14)25-13/h3-6H,1-2H3,(H,21,22)(H,23,24). The average Bonchev–Trinajstić information content (AvgIpc) is 2.57. The summed E-state index contributed by atoms with van der Waals surface area (Å²) >= 11 is 2.49. The van der Waals surface area contributed by atoms with Gasteiger partial charge in [0, 0.05) is 30.7 Å². The molecule has 0 atom stereocenters. The predicted molar refractivity (Wildman–Crippen MR) is 95.1 cm³/mol. The summed E-state index contributed by atoms with van der Waals surface area (Å²) in [7, 11) is 0. The van der Waals surface area contributed by atoms with E-state index in [1.807, 2.05) is 0 Å². The van der Waals surface area contributed by atoms with E-state index in [4.69, 9.17) is 0 Å². The van der Waals surface area contributed by atoms with Gasteiger partial charge < -0.3 is 10.2 Å². The first-order valence-corrected chi connectivity index (χ1v) is 9.02. The van der Waals surface area contributed by atoms with Crippen molar-refractivity contribution in [1.29, 1.82) is 0 Å². The number of carboxylic acids is 2. The number of carboxylic acid groups (broad SMARTS) is 2. The summed E-state index contributed by atoms with van der Waals surface area (Å²) in [6.07, 6.45) is 0. The Balaban J connectivity index is 2.16. The normalized spacial score (nSPS) is 12.1. The van der Waals surface area contributed by atoms with Crippen molar-refractivity contribution < 1.29 is 29.4 Å². The molecule has 0 aliphatic carbocycles. The maximum atomic E-state index is 11.8. The van der Waals surface area contributed by atoms with Crippen LogP contribution in [-0.4, -0.2) is 33.7 Å². The number of fused-ring (bicyclic) bond motifs is 2. The van der Waals surface area contributed by atoms with Gasteiger partial charge >= 0.3 is 11.9 Å². The molecular formula is C18H12O6S2. The fraction of sp³-hybridized carbons (Fsp3) is 0.111. The molecule has 0 spiro atoms. The first kappa shape index (κ1) is 18.2. The van der Waals surface area contributed by atoms with Gasteiger partial charge in [0.25, 0.3) is 0 Å². The van der Waals surface area contributed by atoms with Gasteiger partial charge in [-0.25, -0.2) is 9.59 Å². The van der Waals surface area contributed by atoms with E-state index in [0.717, 1.165) is 0 Å². The third-order valence-corrected chi connectivity index (χ3v) is 6.32. The zero-order valence-electron chi connectivity index (χ0n) is 13.7. The fourth-order valence-electron chi connectivity index (χ4n) is 2.61. The summed E-state index contributed by atoms with van der Waals surface area (Å²) < 4.78 is 0. The van der Waals surface area contributed by atoms with Crippen LogP contribution >= 0.6 is 23.5 Å². The topological polar surface area (TPSA) is 109 Å². The molecule has 2 N–H and O–H groups in total. The van der Waals surface area contributed by atoms with Gasteiger partial charge in [-0.2, -0.15) is 0 Å². The lowest BCUT2D eigenvalue weighted by Crippen LogP contribution is -2.09. The Hall–Kier alpha value is -2.58. The monoisotopic (exact) mass is 388 g/mol. The number of hydrogen-bond donors (Lipinski definition) is 2. The van der Waals surface area contributed by atoms with Crippen LogP contribution in [-0.2, 0) is 0 Å². The fourth-order valence-corrected chi connectivity index (χ4v) is 4.93. The molecular weight excluding hydrogens is 376 g/mol. The van der Waals surface area contributed by atoms with Crippen molar-refractivity contribution in [3.8, 4) is 0 Å². The SMILES string of the molecule is CC(=O)c1cc2c(cc1C(=O)O)Sc1cc(C(C)=O)c(C(=O)O)cc1S2. The lowest BCUT2D eigenvalue weighted by molar-refractivity contribution is 0.0683. The van der Waals surface area contributed by atoms with Gasteiger partial charge in [-0.1, -0.05) is 23.5 Å². The van der Waals surface area contributed by atoms with E-state index in [9.17, 15) is 29.4 Å². The van der Waals surface area contributed by atoms with E-state index < -0.39 is 11.9 Å². The van der Waals surface area contributed by atoms with Crippen LogP contribution in [0, 0.1) is 0 Å². The van der Waals surface area contributed by atoms with Gasteiger partial charge in [-0.05, 0) is 38.1 Å². The molecule has 1 aliphatic heterocycles. The summed E-state index contributed by atoms with van der Waals surface area (Å²) in [5.74, 6) is -3.11. The van der Waals surface area contributed by atoms with E-state index in [2.05, 4.69) is 0 Å². The summed E-state index contributed by atoms with van der Waals surface area (Å²) in [6.45, 7) is 2.59. The van der Waals surface area contributed by atoms with Crippen molar-refractivity contribution in [3.05, 3.63) is 46.5 Å². The summed E-state index contributed by atoms with van der Waals surface area (Å²) in [6, 6.07) is 5.91. The number of carbonyl (C=O) groups excluding carboxylic acids is 2. The van der Waals surface area contributed by atoms with Crippen LogP contribution in [0.2, 0.25) is 0 Å². The lowest BCUT2D eigenvalue weighted by atomic mass is 10.0. The van der Waals surface area contributed by atoms with Crippen LogP contribution in [0.1, 0.15) is 55.3 Å². The first-order valence-electron chi connectivity index (χ1n) is 7.39. The number of ketones is 2. The molecule has 0 fully saturated rings. The number of benzene rings is 2. The Kier molecular flexibility index (Phi) is 4.64. The summed E-state index contributed by atoms with van der Waals surface area (Å²) in [4.78, 5) is 49.1. The third-order valence-electron chi connectivity index (χ3n) is 3.83. The molecule has 0 saturated carbocycles. The van der Waals surface area contributed by atoms with E-state index in [1.165, 1.54) is 61.6 Å². The van der Waals surface area contributed by atoms with Crippen LogP contribution in [0.25, 0.3) is 0 Å². The molecule has 0 radical (unpaired) electrons. The molecule has 26 heavy (non-hydrogen) atoms. The summed E-state index contributed by atoms with van der Waals surface area (Å²) in [5.41, 5.74) is 0.0433. The zero-order chi connectivity index (χ0) is 19.2. The van der Waals surface area contributed by atoms with Gasteiger partial charge in [0.05, 0.1) is 11.1 Å². The van der Waals surface area contributed by atoms with Crippen LogP contribution in [0.3, 0.4) is 0 Å². The van der Waals surface area contributed by atoms with Gasteiger partial charge in [0.1, 0.15) is 0 Å². The molecule has 8 heteroatoms. The van der Waals surface area contributed by atoms with Crippen LogP contribution in [0.5, 0.6) is 0 Å². The maximum absolute atomic E-state index is 11.8. The largest absolute Gasteiger partial charge is 0.478 e. The highest BCUT2D eigenvalue weighted by Crippen LogP contribution is 2.50. The van der Waals surface area contributed by atoms with Gasteiger partial charge in [-0.3, -0.25) is 9.59 Å². The molecule has 0 saturated heterocycles. The Morgan fingerprint density at radius 1 is 0.615 bits per heavy atom. The molecule has 0 unspecified atom stereocenters. The van der Waals surface area contributed by atoms with E-state index in [0.29, 0.717) is 19.6 Å². The minimum Gasteiger partial charge on any atom is -0.478 e. The minimum absolute atomic E-state index is 0.0817. The second-order valence-electron chi connectivity index (χ2n) is 5.62. The first-order chi connectivity index (χ1) is 12.2. The minimum atomic E-state index is -1.19. The van der Waals surface area contributed by atoms with Crippen molar-refractivity contribution >= 4 is 47.0 Å². The summed E-state index contributed by atoms with van der Waals surface area (Å²) in [5, 5.41) is 18.7. The average molecular weight is 388 g/mol. The predicted octanol–water partition coefficient (Wildman–Crippen LogP) is 4.10. The third kappa shape index (κ3) is 3.13. The highest BCUT2D eigenvalue weighted by molar-refractivity contribution is 8.05. The molecule has 6 nitrogen and oxygen atoms in total. The molecule has 2 aromatic rings. The van der Waals surface area contributed by atoms with Gasteiger partial charge in [-0.15, -0.1) is 0 Å². The van der Waals surface area contributed by atoms with E-state index >= 15 is 0 Å². The second-order valence-corrected chi connectivity index (χ2v) is 7.78. The molecule has 0 aromatic heterocycles. The smallest absolute Gasteiger partial charge is 0.336 e. The van der Waals surface area contributed by atoms with Crippen molar-refractivity contribution in [2.24, 2.45) is 0 Å². The maximum Gasteiger partial charge on any atom is 0.336 e. The quantitative estimate of drug-likeness (QED) is 0.643. The van der Waals surface area contributed by atoms with Crippen molar-refractivity contribution in [1.82, 2.24) is 0 Å². The molecule has 0 amide bonds. The number of aromatic carboxylic acids is 2. The molecule has 2 aromatic carbocycles. The van der Waals surface area contributed by atoms with E-state index in [-0.39, 0.29) is 33.8 Å². The molecule has 1 aliphatic rings. The highest BCUT2D eigenvalue weighted by atomic mass is 32.2. The molecule has 1 heterocycles. The highest BCUT2D eigenvalue weighted by Gasteiger charge is 2.26. The van der Waals surface area contributed by atoms with Crippen LogP contribution in [0.15, 0.2) is 43.8 Å². The van der Waals surface area contributed by atoms with Crippen molar-refractivity contribution in [2.75, 3.05) is 0 Å². The lowest BCUT2D eigenvalue weighted by Gasteiger charge is -2.21. The number of carbonyl (C=O) groups is 4. The molecule has 0 bridgehead atoms. The Bertz CT molecular complexity index is 850. The Morgan fingerprint density at radius 2 is 0.885 bits per heavy atom. The van der Waals surface area contributed by atoms with Crippen molar-refractivity contribution in [3.63, 3.8) is 0 Å². The van der Waals surface area contributed by atoms with Gasteiger partial charge in [0.15, 0.2) is 11.6 Å². The number of Topliss-reactive ketones (excluding diaryl/α,β-unsaturated/α-hetero) is 2. The van der Waals surface area contributed by atoms with Crippen molar-refractivity contribution in [2.45, 2.75) is 33.4 Å². The van der Waals surface area contributed by atoms with Gasteiger partial charge in [0.2, 0.25) is 0 Å². The molecule has 3 rings (SSSR count). The Morgan fingerprint density at radius 3 is 1.12 bits per heavy atom. The molecule has 132 valence electrons. The van der Waals surface area contributed by atoms with Crippen LogP contribution in [0.4, 0.5) is 0 Å².